The van der Waals surface area contributed by atoms with Crippen molar-refractivity contribution in [1.29, 1.82) is 10.5 Å². The summed E-state index contributed by atoms with van der Waals surface area (Å²) in [6.45, 7) is 6.60. The second-order valence-corrected chi connectivity index (χ2v) is 22.0. The van der Waals surface area contributed by atoms with Crippen molar-refractivity contribution in [2.24, 2.45) is 0 Å². The van der Waals surface area contributed by atoms with Crippen LogP contribution in [-0.2, 0) is 66.7 Å². The average molecular weight is 1260 g/mol. The lowest BCUT2D eigenvalue weighted by molar-refractivity contribution is -0.213. The Labute approximate surface area is 480 Å². The Morgan fingerprint density at radius 1 is 0.662 bits per heavy atom. The lowest BCUT2D eigenvalue weighted by Gasteiger charge is -2.44. The first-order valence-electron chi connectivity index (χ1n) is 23.0. The molecule has 0 bridgehead atoms. The van der Waals surface area contributed by atoms with E-state index in [4.69, 9.17) is 49.5 Å². The minimum atomic E-state index is -1.18. The molecule has 6 aromatic heterocycles. The van der Waals surface area contributed by atoms with Crippen LogP contribution in [0.3, 0.4) is 0 Å². The number of carbonyl (C=O) groups is 6. The number of hydrogen-bond donors (Lipinski definition) is 2. The Hall–Kier alpha value is -7.37. The van der Waals surface area contributed by atoms with E-state index in [1.165, 1.54) is 81.8 Å². The molecule has 2 aliphatic rings. The van der Waals surface area contributed by atoms with Crippen LogP contribution >= 0.6 is 73.7 Å². The number of pyridine rings is 2. The molecule has 10 atom stereocenters. The molecular formula is C46H42BrClN12O16S4. The largest absolute Gasteiger partial charge is 0.463 e. The number of thiazole rings is 2. The third-order valence-corrected chi connectivity index (χ3v) is 15.3. The van der Waals surface area contributed by atoms with Crippen LogP contribution < -0.4 is 9.75 Å². The van der Waals surface area contributed by atoms with E-state index < -0.39 is 95.4 Å². The van der Waals surface area contributed by atoms with Crippen LogP contribution in [0.25, 0.3) is 22.8 Å². The summed E-state index contributed by atoms with van der Waals surface area (Å²) >= 11 is 13.4. The van der Waals surface area contributed by atoms with Gasteiger partial charge in [-0.15, -0.1) is 10.2 Å². The first kappa shape index (κ1) is 60.3. The maximum Gasteiger partial charge on any atom is 0.304 e. The van der Waals surface area contributed by atoms with E-state index in [-0.39, 0.29) is 39.4 Å². The summed E-state index contributed by atoms with van der Waals surface area (Å²) < 4.78 is 48.6. The molecular weight excluding hydrogens is 1220 g/mol. The van der Waals surface area contributed by atoms with Crippen molar-refractivity contribution in [3.63, 3.8) is 0 Å². The smallest absolute Gasteiger partial charge is 0.304 e. The Morgan fingerprint density at radius 2 is 1.10 bits per heavy atom. The number of nitrogens with zero attached hydrogens (tertiary/aromatic N) is 10. The number of aromatic nitrogens is 10. The minimum Gasteiger partial charge on any atom is -0.463 e. The van der Waals surface area contributed by atoms with Gasteiger partial charge in [0, 0.05) is 74.5 Å². The highest BCUT2D eigenvalue weighted by molar-refractivity contribution is 9.10. The Morgan fingerprint density at radius 3 is 1.50 bits per heavy atom. The molecule has 420 valence electrons. The summed E-state index contributed by atoms with van der Waals surface area (Å²) in [5.74, 6) is -3.88. The molecule has 0 amide bonds. The zero-order valence-corrected chi connectivity index (χ0v) is 47.8. The van der Waals surface area contributed by atoms with Crippen LogP contribution in [-0.4, -0.2) is 146 Å². The molecule has 8 rings (SSSR count). The summed E-state index contributed by atoms with van der Waals surface area (Å²) in [6.07, 6.45) is -0.923. The molecule has 2 aliphatic heterocycles. The second kappa shape index (κ2) is 27.2. The van der Waals surface area contributed by atoms with Crippen molar-refractivity contribution >= 4 is 110 Å². The minimum absolute atomic E-state index is 0.0409. The molecule has 0 spiro atoms. The molecule has 6 aromatic rings. The van der Waals surface area contributed by atoms with Crippen molar-refractivity contribution in [2.45, 2.75) is 111 Å². The van der Waals surface area contributed by atoms with Gasteiger partial charge in [-0.2, -0.15) is 10.5 Å². The highest BCUT2D eigenvalue weighted by Crippen LogP contribution is 2.44. The van der Waals surface area contributed by atoms with Crippen molar-refractivity contribution < 1.29 is 66.7 Å². The highest BCUT2D eigenvalue weighted by Gasteiger charge is 2.54. The number of esters is 6. The van der Waals surface area contributed by atoms with Crippen LogP contribution in [0, 0.1) is 22.7 Å². The number of ether oxygens (including phenoxy) is 8. The number of nitrogens with one attached hydrogen (secondary N) is 2. The van der Waals surface area contributed by atoms with E-state index in [9.17, 15) is 48.9 Å². The van der Waals surface area contributed by atoms with Crippen LogP contribution in [0.1, 0.15) is 65.0 Å². The summed E-state index contributed by atoms with van der Waals surface area (Å²) in [7, 11) is 0. The van der Waals surface area contributed by atoms with Crippen molar-refractivity contribution in [3.05, 3.63) is 87.9 Å². The van der Waals surface area contributed by atoms with Gasteiger partial charge in [-0.25, -0.2) is 19.3 Å². The summed E-state index contributed by atoms with van der Waals surface area (Å²) in [6, 6.07) is 5.03. The van der Waals surface area contributed by atoms with Gasteiger partial charge in [-0.05, 0) is 28.1 Å². The predicted octanol–water partition coefficient (Wildman–Crippen LogP) is 4.31. The molecule has 34 heteroatoms. The number of H-pyrrole nitrogens is 2. The van der Waals surface area contributed by atoms with Gasteiger partial charge in [-0.1, -0.05) is 68.2 Å². The fourth-order valence-electron chi connectivity index (χ4n) is 7.88. The van der Waals surface area contributed by atoms with Gasteiger partial charge in [0.25, 0.3) is 0 Å². The molecule has 80 heavy (non-hydrogen) atoms. The molecule has 2 saturated heterocycles. The lowest BCUT2D eigenvalue weighted by atomic mass is 9.96. The number of carbonyl (C=O) groups excluding carboxylic acids is 6. The van der Waals surface area contributed by atoms with Crippen molar-refractivity contribution in [1.82, 2.24) is 49.9 Å². The number of hydrogen-bond acceptors (Lipinski definition) is 28. The predicted molar refractivity (Wildman–Crippen MR) is 281 cm³/mol. The van der Waals surface area contributed by atoms with Crippen molar-refractivity contribution in [3.8, 4) is 34.9 Å². The standard InChI is InChI=1S/C23H21BrN6O8S2.C23H21ClN6O8S2/c1-10(31)35-8-18-20(36-11(2)32)19(30-7-16(28-29-30)17-9-39-23(34)27-17)21(37-12(3)33)22(38-18)40-13-4-14(24)15(5-25)26-6-13;1-10(31)35-8-17-20(36-11(2)32)19(30-7-15(28-29-30)16-9-39-23(34)27-16)21(37-12(3)33)22(38-17)40-18-4-13(24)6-26-14(18)5-25/h4,6-7,9,18-22H,8H2,1-3H3,(H,27,34);4,6-7,9,17,19-22H,8H2,1-3H3,(H,27,34)/t18?,19?,20-,21-,22+;17?,19?,20-,21-,22+/m00/s1. The topological polar surface area (TPSA) is 377 Å². The number of rotatable bonds is 16. The molecule has 0 aromatic carbocycles. The van der Waals surface area contributed by atoms with Gasteiger partial charge in [0.2, 0.25) is 0 Å². The van der Waals surface area contributed by atoms with Crippen LogP contribution in [0.5, 0.6) is 0 Å². The van der Waals surface area contributed by atoms with Crippen LogP contribution in [0.2, 0.25) is 5.02 Å². The van der Waals surface area contributed by atoms with E-state index >= 15 is 0 Å². The Balaban J connectivity index is 0.000000231. The van der Waals surface area contributed by atoms with Crippen LogP contribution in [0.4, 0.5) is 0 Å². The normalized spacial score (nSPS) is 22.2. The molecule has 0 saturated carbocycles. The number of aromatic amines is 2. The Bertz CT molecular complexity index is 3480. The second-order valence-electron chi connectivity index (χ2n) is 16.7. The fourth-order valence-corrected chi connectivity index (χ4v) is 12.2. The zero-order chi connectivity index (χ0) is 57.9. The molecule has 2 fully saturated rings. The third-order valence-electron chi connectivity index (χ3n) is 10.9. The first-order chi connectivity index (χ1) is 38.1. The summed E-state index contributed by atoms with van der Waals surface area (Å²) in [5.41, 5.74) is -0.372. The SMILES string of the molecule is CC(=O)OCC1O[C@H](Sc2cc(Cl)cnc2C#N)[C@@H](OC(C)=O)C(n2cc(-c3csc(=O)[nH]3)nn2)[C@H]1OC(C)=O.CC(=O)OCC1O[C@H](Sc2cnc(C#N)c(Br)c2)[C@@H](OC(C)=O)C(n2cc(-c3csc(=O)[nH]3)nn2)[C@H]1OC(C)=O. The van der Waals surface area contributed by atoms with Gasteiger partial charge >= 0.3 is 45.6 Å². The monoisotopic (exact) mass is 1260 g/mol. The molecule has 4 unspecified atom stereocenters. The molecule has 8 heterocycles. The highest BCUT2D eigenvalue weighted by atomic mass is 79.9. The fraction of sp³-hybridized carbons (Fsp3) is 0.391. The van der Waals surface area contributed by atoms with Gasteiger partial charge < -0.3 is 47.9 Å². The zero-order valence-electron chi connectivity index (χ0n) is 42.2. The van der Waals surface area contributed by atoms with Gasteiger partial charge in [0.1, 0.15) is 71.9 Å². The maximum atomic E-state index is 12.3. The number of nitriles is 2. The van der Waals surface area contributed by atoms with Gasteiger partial charge in [0.15, 0.2) is 35.8 Å². The maximum absolute atomic E-state index is 12.3. The van der Waals surface area contributed by atoms with Crippen LogP contribution in [0.15, 0.2) is 71.5 Å². The molecule has 2 N–H and O–H groups in total. The van der Waals surface area contributed by atoms with E-state index in [1.54, 1.807) is 16.8 Å². The number of thioether (sulfide) groups is 2. The van der Waals surface area contributed by atoms with Gasteiger partial charge in [0.05, 0.1) is 33.3 Å². The molecule has 0 aliphatic carbocycles. The van der Waals surface area contributed by atoms with E-state index in [1.807, 2.05) is 12.1 Å². The number of halogens is 2. The van der Waals surface area contributed by atoms with E-state index in [2.05, 4.69) is 56.5 Å². The quantitative estimate of drug-likeness (QED) is 0.101. The lowest BCUT2D eigenvalue weighted by Crippen LogP contribution is -2.57. The van der Waals surface area contributed by atoms with E-state index in [0.717, 1.165) is 46.2 Å². The molecule has 28 nitrogen and oxygen atoms in total. The average Bonchev–Trinajstić information content (AvgIpc) is 4.38. The Kier molecular flexibility index (Phi) is 20.5. The van der Waals surface area contributed by atoms with Gasteiger partial charge in [-0.3, -0.25) is 38.4 Å². The van der Waals surface area contributed by atoms with E-state index in [0.29, 0.717) is 37.0 Å². The molecule has 0 radical (unpaired) electrons. The third kappa shape index (κ3) is 15.5. The van der Waals surface area contributed by atoms with Crippen molar-refractivity contribution in [2.75, 3.05) is 13.2 Å². The summed E-state index contributed by atoms with van der Waals surface area (Å²) in [4.78, 5) is 109. The summed E-state index contributed by atoms with van der Waals surface area (Å²) in [5, 5.41) is 38.8. The first-order valence-corrected chi connectivity index (χ1v) is 27.7.